The molecule has 0 saturated heterocycles. The molecule has 0 aromatic carbocycles. The molecule has 0 aromatic heterocycles. The third-order valence-corrected chi connectivity index (χ3v) is 3.98. The fourth-order valence-electron chi connectivity index (χ4n) is 2.95. The average Bonchev–Trinajstić information content (AvgIpc) is 2.24. The van der Waals surface area contributed by atoms with Crippen LogP contribution in [0.2, 0.25) is 0 Å². The Morgan fingerprint density at radius 1 is 0.867 bits per heavy atom. The number of aliphatic hydroxyl groups excluding tert-OH is 1. The van der Waals surface area contributed by atoms with Gasteiger partial charge in [-0.2, -0.15) is 0 Å². The van der Waals surface area contributed by atoms with Crippen LogP contribution >= 0.6 is 0 Å². The van der Waals surface area contributed by atoms with Crippen molar-refractivity contribution in [3.05, 3.63) is 0 Å². The van der Waals surface area contributed by atoms with Crippen molar-refractivity contribution in [1.29, 1.82) is 0 Å². The Bertz CT molecular complexity index is 178. The fourth-order valence-corrected chi connectivity index (χ4v) is 2.95. The summed E-state index contributed by atoms with van der Waals surface area (Å²) >= 11 is 0. The second kappa shape index (κ2) is 5.28. The van der Waals surface area contributed by atoms with E-state index in [1.165, 1.54) is 32.1 Å². The van der Waals surface area contributed by atoms with E-state index in [2.05, 4.69) is 5.32 Å². The predicted molar refractivity (Wildman–Crippen MR) is 61.6 cm³/mol. The maximum atomic E-state index is 9.88. The van der Waals surface area contributed by atoms with Gasteiger partial charge in [-0.3, -0.25) is 0 Å². The summed E-state index contributed by atoms with van der Waals surface area (Å²) < 4.78 is 0. The lowest BCUT2D eigenvalue weighted by molar-refractivity contribution is 0.0795. The van der Waals surface area contributed by atoms with E-state index in [1.54, 1.807) is 0 Å². The Morgan fingerprint density at radius 2 is 1.47 bits per heavy atom. The molecule has 2 fully saturated rings. The lowest BCUT2D eigenvalue weighted by Gasteiger charge is -2.36. The van der Waals surface area contributed by atoms with Crippen molar-refractivity contribution in [2.45, 2.75) is 75.6 Å². The van der Waals surface area contributed by atoms with Gasteiger partial charge in [0.25, 0.3) is 0 Å². The monoisotopic (exact) mass is 212 g/mol. The van der Waals surface area contributed by atoms with E-state index in [0.717, 1.165) is 19.3 Å². The lowest BCUT2D eigenvalue weighted by atomic mass is 9.87. The van der Waals surface area contributed by atoms with Crippen molar-refractivity contribution in [2.24, 2.45) is 5.73 Å². The Labute approximate surface area is 92.4 Å². The Morgan fingerprint density at radius 3 is 2.13 bits per heavy atom. The smallest absolute Gasteiger partial charge is 0.0693 e. The second-order valence-corrected chi connectivity index (χ2v) is 5.18. The highest BCUT2D eigenvalue weighted by Crippen LogP contribution is 2.22. The van der Waals surface area contributed by atoms with Gasteiger partial charge >= 0.3 is 0 Å². The minimum Gasteiger partial charge on any atom is -0.392 e. The maximum Gasteiger partial charge on any atom is 0.0693 e. The molecule has 0 heterocycles. The summed E-state index contributed by atoms with van der Waals surface area (Å²) in [5, 5.41) is 13.5. The van der Waals surface area contributed by atoms with Gasteiger partial charge in [0.15, 0.2) is 0 Å². The zero-order valence-corrected chi connectivity index (χ0v) is 9.49. The molecule has 2 aliphatic rings. The highest BCUT2D eigenvalue weighted by molar-refractivity contribution is 4.89. The Hall–Kier alpha value is -0.120. The number of hydrogen-bond donors (Lipinski definition) is 3. The number of nitrogens with two attached hydrogens (primary N) is 1. The highest BCUT2D eigenvalue weighted by atomic mass is 16.3. The molecular weight excluding hydrogens is 188 g/mol. The Balaban J connectivity index is 1.83. The molecule has 2 saturated carbocycles. The Kier molecular flexibility index (Phi) is 4.00. The largest absolute Gasteiger partial charge is 0.392 e. The number of hydrogen-bond acceptors (Lipinski definition) is 3. The van der Waals surface area contributed by atoms with E-state index in [9.17, 15) is 5.11 Å². The summed E-state index contributed by atoms with van der Waals surface area (Å²) in [6.45, 7) is 0. The quantitative estimate of drug-likeness (QED) is 0.643. The van der Waals surface area contributed by atoms with Crippen LogP contribution in [0, 0.1) is 0 Å². The number of nitrogens with one attached hydrogen (secondary N) is 1. The van der Waals surface area contributed by atoms with E-state index in [4.69, 9.17) is 5.73 Å². The van der Waals surface area contributed by atoms with E-state index in [0.29, 0.717) is 18.1 Å². The zero-order valence-electron chi connectivity index (χ0n) is 9.49. The van der Waals surface area contributed by atoms with Gasteiger partial charge in [0, 0.05) is 18.1 Å². The van der Waals surface area contributed by atoms with E-state index in [-0.39, 0.29) is 6.10 Å². The van der Waals surface area contributed by atoms with Crippen LogP contribution in [0.5, 0.6) is 0 Å². The minimum absolute atomic E-state index is 0.145. The molecule has 0 amide bonds. The third kappa shape index (κ3) is 2.92. The van der Waals surface area contributed by atoms with Crippen molar-refractivity contribution < 1.29 is 5.11 Å². The summed E-state index contributed by atoms with van der Waals surface area (Å²) in [6.07, 6.45) is 9.23. The van der Waals surface area contributed by atoms with E-state index < -0.39 is 0 Å². The molecule has 0 radical (unpaired) electrons. The first-order valence-corrected chi connectivity index (χ1v) is 6.47. The zero-order chi connectivity index (χ0) is 10.7. The molecule has 0 aliphatic heterocycles. The van der Waals surface area contributed by atoms with Gasteiger partial charge in [-0.15, -0.1) is 0 Å². The maximum absolute atomic E-state index is 9.88. The first-order valence-electron chi connectivity index (χ1n) is 6.47. The van der Waals surface area contributed by atoms with Gasteiger partial charge in [0.2, 0.25) is 0 Å². The molecule has 0 spiro atoms. The molecule has 4 unspecified atom stereocenters. The van der Waals surface area contributed by atoms with Crippen LogP contribution in [0.15, 0.2) is 0 Å². The molecule has 2 aliphatic carbocycles. The van der Waals surface area contributed by atoms with Gasteiger partial charge in [0.05, 0.1) is 6.10 Å². The number of aliphatic hydroxyl groups is 1. The van der Waals surface area contributed by atoms with Crippen molar-refractivity contribution >= 4 is 0 Å². The van der Waals surface area contributed by atoms with Gasteiger partial charge in [-0.1, -0.05) is 25.7 Å². The summed E-state index contributed by atoms with van der Waals surface area (Å²) in [5.74, 6) is 0. The molecule has 4 atom stereocenters. The van der Waals surface area contributed by atoms with Crippen LogP contribution in [-0.2, 0) is 0 Å². The molecule has 15 heavy (non-hydrogen) atoms. The van der Waals surface area contributed by atoms with Crippen molar-refractivity contribution in [1.82, 2.24) is 5.32 Å². The molecule has 0 bridgehead atoms. The first-order chi connectivity index (χ1) is 7.27. The third-order valence-electron chi connectivity index (χ3n) is 3.98. The van der Waals surface area contributed by atoms with Gasteiger partial charge < -0.3 is 16.2 Å². The van der Waals surface area contributed by atoms with Crippen LogP contribution in [0.4, 0.5) is 0 Å². The normalized spacial score (nSPS) is 42.8. The highest BCUT2D eigenvalue weighted by Gasteiger charge is 2.28. The predicted octanol–water partition coefficient (Wildman–Crippen LogP) is 1.15. The lowest BCUT2D eigenvalue weighted by Crippen LogP contribution is -2.54. The second-order valence-electron chi connectivity index (χ2n) is 5.18. The molecule has 88 valence electrons. The van der Waals surface area contributed by atoms with Gasteiger partial charge in [-0.05, 0) is 25.7 Å². The van der Waals surface area contributed by atoms with E-state index >= 15 is 0 Å². The van der Waals surface area contributed by atoms with Crippen LogP contribution in [0.1, 0.15) is 51.4 Å². The van der Waals surface area contributed by atoms with Crippen LogP contribution < -0.4 is 11.1 Å². The van der Waals surface area contributed by atoms with E-state index in [1.807, 2.05) is 0 Å². The van der Waals surface area contributed by atoms with Crippen molar-refractivity contribution in [3.63, 3.8) is 0 Å². The molecule has 0 aromatic rings. The van der Waals surface area contributed by atoms with Gasteiger partial charge in [-0.25, -0.2) is 0 Å². The van der Waals surface area contributed by atoms with Crippen molar-refractivity contribution in [3.8, 4) is 0 Å². The van der Waals surface area contributed by atoms with Gasteiger partial charge in [0.1, 0.15) is 0 Å². The van der Waals surface area contributed by atoms with Crippen LogP contribution in [-0.4, -0.2) is 29.3 Å². The SMILES string of the molecule is NC1CCCCC1NC1CCCCC1O. The minimum atomic E-state index is -0.145. The summed E-state index contributed by atoms with van der Waals surface area (Å²) in [6, 6.07) is 1.04. The first kappa shape index (κ1) is 11.4. The summed E-state index contributed by atoms with van der Waals surface area (Å²) in [4.78, 5) is 0. The molecule has 4 N–H and O–H groups in total. The molecule has 3 heteroatoms. The standard InChI is InChI=1S/C12H24N2O/c13-9-5-1-2-6-10(9)14-11-7-3-4-8-12(11)15/h9-12,14-15H,1-8,13H2. The topological polar surface area (TPSA) is 58.3 Å². The molecular formula is C12H24N2O. The van der Waals surface area contributed by atoms with Crippen molar-refractivity contribution in [2.75, 3.05) is 0 Å². The van der Waals surface area contributed by atoms with Crippen LogP contribution in [0.3, 0.4) is 0 Å². The average molecular weight is 212 g/mol. The summed E-state index contributed by atoms with van der Waals surface area (Å²) in [5.41, 5.74) is 6.10. The molecule has 3 nitrogen and oxygen atoms in total. The summed E-state index contributed by atoms with van der Waals surface area (Å²) in [7, 11) is 0. The molecule has 2 rings (SSSR count). The van der Waals surface area contributed by atoms with Crippen LogP contribution in [0.25, 0.3) is 0 Å². The number of rotatable bonds is 2. The fraction of sp³-hybridized carbons (Fsp3) is 1.00.